The molecule has 0 aliphatic carbocycles. The van der Waals surface area contributed by atoms with Gasteiger partial charge in [0.15, 0.2) is 0 Å². The Kier molecular flexibility index (Phi) is 3.50. The Hall–Kier alpha value is -2.04. The van der Waals surface area contributed by atoms with Gasteiger partial charge in [0, 0.05) is 12.1 Å². The van der Waals surface area contributed by atoms with Crippen LogP contribution in [0.25, 0.3) is 0 Å². The average Bonchev–Trinajstić information content (AvgIpc) is 2.39. The van der Waals surface area contributed by atoms with Crippen LogP contribution in [-0.4, -0.2) is 10.2 Å². The van der Waals surface area contributed by atoms with Crippen molar-refractivity contribution in [1.29, 1.82) is 0 Å². The van der Waals surface area contributed by atoms with Gasteiger partial charge >= 0.3 is 0 Å². The molecule has 6 N–H and O–H groups in total. The maximum Gasteiger partial charge on any atom is 0.115 e. The lowest BCUT2D eigenvalue weighted by molar-refractivity contribution is 0.472. The van der Waals surface area contributed by atoms with Gasteiger partial charge in [-0.25, -0.2) is 0 Å². The largest absolute Gasteiger partial charge is 0.508 e. The Bertz CT molecular complexity index is 459. The van der Waals surface area contributed by atoms with Gasteiger partial charge in [-0.05, 0) is 35.4 Å². The van der Waals surface area contributed by atoms with Crippen LogP contribution in [0.15, 0.2) is 48.5 Å². The molecule has 0 amide bonds. The van der Waals surface area contributed by atoms with Crippen molar-refractivity contribution in [3.8, 4) is 11.5 Å². The van der Waals surface area contributed by atoms with Crippen molar-refractivity contribution in [2.24, 2.45) is 11.5 Å². The molecule has 2 atom stereocenters. The third-order valence-electron chi connectivity index (χ3n) is 2.94. The molecule has 2 aromatic rings. The second-order valence-electron chi connectivity index (χ2n) is 4.23. The Labute approximate surface area is 105 Å². The van der Waals surface area contributed by atoms with Gasteiger partial charge in [0.1, 0.15) is 11.5 Å². The molecule has 4 heteroatoms. The van der Waals surface area contributed by atoms with Crippen LogP contribution in [0.5, 0.6) is 11.5 Å². The lowest BCUT2D eigenvalue weighted by atomic mass is 9.95. The fraction of sp³-hybridized carbons (Fsp3) is 0.143. The number of hydrogen-bond donors (Lipinski definition) is 4. The molecule has 0 heterocycles. The molecule has 18 heavy (non-hydrogen) atoms. The van der Waals surface area contributed by atoms with Crippen molar-refractivity contribution in [3.05, 3.63) is 59.7 Å². The second kappa shape index (κ2) is 5.08. The zero-order chi connectivity index (χ0) is 13.1. The maximum absolute atomic E-state index is 9.22. The molecular formula is C14H16N2O2. The lowest BCUT2D eigenvalue weighted by Crippen LogP contribution is -2.26. The first-order chi connectivity index (χ1) is 8.58. The molecule has 0 fully saturated rings. The fourth-order valence-corrected chi connectivity index (χ4v) is 1.81. The normalized spacial score (nSPS) is 14.1. The fourth-order valence-electron chi connectivity index (χ4n) is 1.81. The Morgan fingerprint density at radius 3 is 1.17 bits per heavy atom. The summed E-state index contributed by atoms with van der Waals surface area (Å²) in [5.41, 5.74) is 13.9. The molecule has 0 spiro atoms. The molecule has 0 radical (unpaired) electrons. The molecule has 0 aliphatic rings. The van der Waals surface area contributed by atoms with Crippen LogP contribution in [0, 0.1) is 0 Å². The molecule has 0 saturated carbocycles. The van der Waals surface area contributed by atoms with Crippen LogP contribution in [0.2, 0.25) is 0 Å². The van der Waals surface area contributed by atoms with E-state index in [4.69, 9.17) is 11.5 Å². The first kappa shape index (κ1) is 12.4. The van der Waals surface area contributed by atoms with E-state index < -0.39 is 0 Å². The Morgan fingerprint density at radius 1 is 0.611 bits per heavy atom. The van der Waals surface area contributed by atoms with E-state index in [0.29, 0.717) is 0 Å². The minimum absolute atomic E-state index is 0.198. The minimum Gasteiger partial charge on any atom is -0.508 e. The summed E-state index contributed by atoms with van der Waals surface area (Å²) in [5, 5.41) is 18.4. The SMILES string of the molecule is NC(c1ccc(O)cc1)[C@@H](N)c1ccc(O)cc1. The zero-order valence-electron chi connectivity index (χ0n) is 9.82. The van der Waals surface area contributed by atoms with Gasteiger partial charge in [-0.15, -0.1) is 0 Å². The summed E-state index contributed by atoms with van der Waals surface area (Å²) in [7, 11) is 0. The zero-order valence-corrected chi connectivity index (χ0v) is 9.82. The minimum atomic E-state index is -0.366. The van der Waals surface area contributed by atoms with Crippen molar-refractivity contribution in [1.82, 2.24) is 0 Å². The van der Waals surface area contributed by atoms with Gasteiger partial charge in [0.25, 0.3) is 0 Å². The van der Waals surface area contributed by atoms with Gasteiger partial charge < -0.3 is 21.7 Å². The summed E-state index contributed by atoms with van der Waals surface area (Å²) >= 11 is 0. The van der Waals surface area contributed by atoms with Crippen LogP contribution < -0.4 is 11.5 Å². The topological polar surface area (TPSA) is 92.5 Å². The summed E-state index contributed by atoms with van der Waals surface area (Å²) < 4.78 is 0. The van der Waals surface area contributed by atoms with E-state index in [1.165, 1.54) is 0 Å². The summed E-state index contributed by atoms with van der Waals surface area (Å²) in [6.45, 7) is 0. The first-order valence-electron chi connectivity index (χ1n) is 5.67. The molecule has 2 rings (SSSR count). The smallest absolute Gasteiger partial charge is 0.115 e. The van der Waals surface area contributed by atoms with E-state index in [1.54, 1.807) is 48.5 Å². The van der Waals surface area contributed by atoms with Crippen LogP contribution in [0.3, 0.4) is 0 Å². The third-order valence-corrected chi connectivity index (χ3v) is 2.94. The Balaban J connectivity index is 2.20. The van der Waals surface area contributed by atoms with Crippen molar-refractivity contribution < 1.29 is 10.2 Å². The van der Waals surface area contributed by atoms with Gasteiger partial charge in [0.05, 0.1) is 0 Å². The van der Waals surface area contributed by atoms with Gasteiger partial charge in [0.2, 0.25) is 0 Å². The molecule has 2 aromatic carbocycles. The molecular weight excluding hydrogens is 228 g/mol. The van der Waals surface area contributed by atoms with Gasteiger partial charge in [-0.1, -0.05) is 24.3 Å². The highest BCUT2D eigenvalue weighted by Crippen LogP contribution is 2.26. The lowest BCUT2D eigenvalue weighted by Gasteiger charge is -2.20. The van der Waals surface area contributed by atoms with Crippen LogP contribution in [-0.2, 0) is 0 Å². The third kappa shape index (κ3) is 2.61. The number of rotatable bonds is 3. The quantitative estimate of drug-likeness (QED) is 0.662. The molecule has 0 aliphatic heterocycles. The molecule has 0 saturated heterocycles. The number of phenolic OH excluding ortho intramolecular Hbond substituents is 2. The average molecular weight is 244 g/mol. The number of phenols is 2. The predicted octanol–water partition coefficient (Wildman–Crippen LogP) is 1.80. The monoisotopic (exact) mass is 244 g/mol. The highest BCUT2D eigenvalue weighted by atomic mass is 16.3. The van der Waals surface area contributed by atoms with E-state index in [0.717, 1.165) is 11.1 Å². The molecule has 0 bridgehead atoms. The van der Waals surface area contributed by atoms with Crippen LogP contribution >= 0.6 is 0 Å². The molecule has 0 aromatic heterocycles. The predicted molar refractivity (Wildman–Crippen MR) is 70.1 cm³/mol. The van der Waals surface area contributed by atoms with Crippen LogP contribution in [0.1, 0.15) is 23.2 Å². The van der Waals surface area contributed by atoms with E-state index in [9.17, 15) is 10.2 Å². The number of hydrogen-bond acceptors (Lipinski definition) is 4. The Morgan fingerprint density at radius 2 is 0.889 bits per heavy atom. The highest BCUT2D eigenvalue weighted by molar-refractivity contribution is 5.33. The molecule has 4 nitrogen and oxygen atoms in total. The number of nitrogens with two attached hydrogens (primary N) is 2. The molecule has 94 valence electrons. The summed E-state index contributed by atoms with van der Waals surface area (Å²) in [5.74, 6) is 0.397. The summed E-state index contributed by atoms with van der Waals surface area (Å²) in [4.78, 5) is 0. The van der Waals surface area contributed by atoms with Gasteiger partial charge in [-0.3, -0.25) is 0 Å². The van der Waals surface area contributed by atoms with E-state index in [2.05, 4.69) is 0 Å². The van der Waals surface area contributed by atoms with Crippen molar-refractivity contribution in [3.63, 3.8) is 0 Å². The molecule has 1 unspecified atom stereocenters. The van der Waals surface area contributed by atoms with Crippen LogP contribution in [0.4, 0.5) is 0 Å². The highest BCUT2D eigenvalue weighted by Gasteiger charge is 2.17. The standard InChI is InChI=1S/C14H16N2O2/c15-13(9-1-5-11(17)6-2-9)14(16)10-3-7-12(18)8-4-10/h1-8,13-14,17-18H,15-16H2/t13-,14?/m0/s1. The second-order valence-corrected chi connectivity index (χ2v) is 4.23. The summed E-state index contributed by atoms with van der Waals surface area (Å²) in [6.07, 6.45) is 0. The van der Waals surface area contributed by atoms with Crippen molar-refractivity contribution in [2.75, 3.05) is 0 Å². The number of benzene rings is 2. The van der Waals surface area contributed by atoms with E-state index in [-0.39, 0.29) is 23.6 Å². The van der Waals surface area contributed by atoms with Crippen molar-refractivity contribution in [2.45, 2.75) is 12.1 Å². The van der Waals surface area contributed by atoms with Gasteiger partial charge in [-0.2, -0.15) is 0 Å². The van der Waals surface area contributed by atoms with E-state index >= 15 is 0 Å². The van der Waals surface area contributed by atoms with E-state index in [1.807, 2.05) is 0 Å². The number of aromatic hydroxyl groups is 2. The first-order valence-corrected chi connectivity index (χ1v) is 5.67. The maximum atomic E-state index is 9.22. The van der Waals surface area contributed by atoms with Crippen molar-refractivity contribution >= 4 is 0 Å². The summed E-state index contributed by atoms with van der Waals surface area (Å²) in [6, 6.07) is 12.6.